The summed E-state index contributed by atoms with van der Waals surface area (Å²) in [7, 11) is 0. The van der Waals surface area contributed by atoms with E-state index < -0.39 is 0 Å². The van der Waals surface area contributed by atoms with E-state index in [4.69, 9.17) is 14.9 Å². The van der Waals surface area contributed by atoms with E-state index in [-0.39, 0.29) is 11.8 Å². The molecule has 0 atom stereocenters. The summed E-state index contributed by atoms with van der Waals surface area (Å²) in [5.74, 6) is 2.07. The summed E-state index contributed by atoms with van der Waals surface area (Å²) in [5, 5.41) is 15.2. The van der Waals surface area contributed by atoms with Crippen LogP contribution in [-0.2, 0) is 4.74 Å². The number of benzene rings is 1. The van der Waals surface area contributed by atoms with E-state index in [0.717, 1.165) is 43.1 Å². The SMILES string of the molecule is Cc1cccnc1N/C(=C/C(=N)c1ccc(OC2CCOCC2)cn1)Nc1ccccc1. The zero-order valence-corrected chi connectivity index (χ0v) is 18.0. The minimum Gasteiger partial charge on any atom is -0.489 e. The highest BCUT2D eigenvalue weighted by molar-refractivity contribution is 6.06. The summed E-state index contributed by atoms with van der Waals surface area (Å²) in [6.45, 7) is 3.44. The number of aromatic nitrogens is 2. The normalized spacial score (nSPS) is 14.6. The second-order valence-electron chi connectivity index (χ2n) is 7.57. The van der Waals surface area contributed by atoms with E-state index in [0.29, 0.717) is 17.3 Å². The van der Waals surface area contributed by atoms with Gasteiger partial charge in [-0.2, -0.15) is 0 Å². The second kappa shape index (κ2) is 10.5. The molecule has 0 saturated carbocycles. The first-order valence-corrected chi connectivity index (χ1v) is 10.7. The van der Waals surface area contributed by atoms with Gasteiger partial charge in [0.25, 0.3) is 0 Å². The monoisotopic (exact) mass is 429 g/mol. The van der Waals surface area contributed by atoms with Crippen LogP contribution >= 0.6 is 0 Å². The lowest BCUT2D eigenvalue weighted by Crippen LogP contribution is -2.25. The third-order valence-corrected chi connectivity index (χ3v) is 5.09. The number of nitrogens with one attached hydrogen (secondary N) is 3. The first-order valence-electron chi connectivity index (χ1n) is 10.7. The van der Waals surface area contributed by atoms with Gasteiger partial charge in [-0.3, -0.25) is 10.4 Å². The third-order valence-electron chi connectivity index (χ3n) is 5.09. The number of para-hydroxylation sites is 1. The highest BCUT2D eigenvalue weighted by atomic mass is 16.5. The molecule has 4 rings (SSSR count). The largest absolute Gasteiger partial charge is 0.489 e. The number of anilines is 2. The van der Waals surface area contributed by atoms with Gasteiger partial charge in [-0.05, 0) is 42.8 Å². The summed E-state index contributed by atoms with van der Waals surface area (Å²) >= 11 is 0. The van der Waals surface area contributed by atoms with Gasteiger partial charge in [0.1, 0.15) is 23.5 Å². The van der Waals surface area contributed by atoms with Crippen LogP contribution in [0.1, 0.15) is 24.1 Å². The van der Waals surface area contributed by atoms with Crippen LogP contribution in [0.2, 0.25) is 0 Å². The van der Waals surface area contributed by atoms with E-state index in [9.17, 15) is 0 Å². The lowest BCUT2D eigenvalue weighted by molar-refractivity contribution is 0.0254. The summed E-state index contributed by atoms with van der Waals surface area (Å²) < 4.78 is 11.4. The van der Waals surface area contributed by atoms with Gasteiger partial charge in [-0.25, -0.2) is 4.98 Å². The van der Waals surface area contributed by atoms with Crippen LogP contribution in [-0.4, -0.2) is 35.0 Å². The van der Waals surface area contributed by atoms with Gasteiger partial charge in [0.15, 0.2) is 0 Å². The molecule has 0 bridgehead atoms. The molecule has 7 heteroatoms. The molecule has 2 aromatic heterocycles. The zero-order chi connectivity index (χ0) is 22.2. The number of aryl methyl sites for hydroxylation is 1. The van der Waals surface area contributed by atoms with Crippen molar-refractivity contribution in [1.82, 2.24) is 9.97 Å². The molecule has 32 heavy (non-hydrogen) atoms. The van der Waals surface area contributed by atoms with Crippen LogP contribution in [0.25, 0.3) is 0 Å². The quantitative estimate of drug-likeness (QED) is 0.447. The van der Waals surface area contributed by atoms with Crippen molar-refractivity contribution in [1.29, 1.82) is 5.41 Å². The lowest BCUT2D eigenvalue weighted by atomic mass is 10.1. The summed E-state index contributed by atoms with van der Waals surface area (Å²) in [4.78, 5) is 8.84. The molecule has 0 amide bonds. The summed E-state index contributed by atoms with van der Waals surface area (Å²) in [6, 6.07) is 17.3. The smallest absolute Gasteiger partial charge is 0.138 e. The number of allylic oxidation sites excluding steroid dienone is 1. The molecule has 0 aliphatic carbocycles. The first kappa shape index (κ1) is 21.5. The Labute approximate surface area is 188 Å². The predicted octanol–water partition coefficient (Wildman–Crippen LogP) is 4.78. The summed E-state index contributed by atoms with van der Waals surface area (Å²) in [5.41, 5.74) is 2.73. The minimum absolute atomic E-state index is 0.156. The van der Waals surface area contributed by atoms with Gasteiger partial charge in [-0.1, -0.05) is 24.3 Å². The molecule has 1 saturated heterocycles. The number of hydrogen-bond acceptors (Lipinski definition) is 7. The molecule has 0 unspecified atom stereocenters. The van der Waals surface area contributed by atoms with Crippen molar-refractivity contribution in [3.8, 4) is 5.75 Å². The average Bonchev–Trinajstić information content (AvgIpc) is 2.82. The fourth-order valence-corrected chi connectivity index (χ4v) is 3.34. The van der Waals surface area contributed by atoms with Gasteiger partial charge >= 0.3 is 0 Å². The molecule has 1 aliphatic rings. The fourth-order valence-electron chi connectivity index (χ4n) is 3.34. The van der Waals surface area contributed by atoms with Crippen molar-refractivity contribution in [3.63, 3.8) is 0 Å². The molecule has 0 radical (unpaired) electrons. The number of nitrogens with zero attached hydrogens (tertiary/aromatic N) is 2. The van der Waals surface area contributed by atoms with Crippen LogP contribution in [0, 0.1) is 12.3 Å². The van der Waals surface area contributed by atoms with Crippen molar-refractivity contribution in [2.45, 2.75) is 25.9 Å². The van der Waals surface area contributed by atoms with Crippen LogP contribution in [0.3, 0.4) is 0 Å². The van der Waals surface area contributed by atoms with Crippen LogP contribution in [0.4, 0.5) is 11.5 Å². The highest BCUT2D eigenvalue weighted by Gasteiger charge is 2.15. The van der Waals surface area contributed by atoms with E-state index in [1.807, 2.05) is 55.5 Å². The number of ether oxygens (including phenoxy) is 2. The fraction of sp³-hybridized carbons (Fsp3) is 0.240. The molecular weight excluding hydrogens is 402 g/mol. The standard InChI is InChI=1S/C25H27N5O2/c1-18-6-5-13-27-25(18)30-24(29-19-7-3-2-4-8-19)16-22(26)23-10-9-21(17-28-23)32-20-11-14-31-15-12-20/h2-10,13,16-17,20,26,29H,11-12,14-15H2,1H3,(H,27,30)/b24-16+,26-22?. The Bertz CT molecular complexity index is 1060. The molecule has 1 aliphatic heterocycles. The van der Waals surface area contributed by atoms with Crippen LogP contribution in [0.15, 0.2) is 78.9 Å². The van der Waals surface area contributed by atoms with Crippen molar-refractivity contribution in [2.75, 3.05) is 23.8 Å². The Morgan fingerprint density at radius 1 is 1.03 bits per heavy atom. The van der Waals surface area contributed by atoms with Crippen molar-refractivity contribution in [2.24, 2.45) is 0 Å². The molecule has 0 spiro atoms. The minimum atomic E-state index is 0.156. The Balaban J connectivity index is 1.50. The van der Waals surface area contributed by atoms with E-state index >= 15 is 0 Å². The van der Waals surface area contributed by atoms with Gasteiger partial charge in [0.2, 0.25) is 0 Å². The number of rotatable bonds is 8. The Kier molecular flexibility index (Phi) is 7.09. The highest BCUT2D eigenvalue weighted by Crippen LogP contribution is 2.19. The summed E-state index contributed by atoms with van der Waals surface area (Å²) in [6.07, 6.45) is 7.04. The molecule has 1 fully saturated rings. The average molecular weight is 430 g/mol. The van der Waals surface area contributed by atoms with Gasteiger partial charge < -0.3 is 20.1 Å². The maximum absolute atomic E-state index is 8.57. The number of hydrogen-bond donors (Lipinski definition) is 3. The maximum Gasteiger partial charge on any atom is 0.138 e. The Morgan fingerprint density at radius 3 is 2.56 bits per heavy atom. The van der Waals surface area contributed by atoms with Crippen molar-refractivity contribution < 1.29 is 9.47 Å². The lowest BCUT2D eigenvalue weighted by Gasteiger charge is -2.23. The van der Waals surface area contributed by atoms with Crippen LogP contribution in [0.5, 0.6) is 5.75 Å². The maximum atomic E-state index is 8.57. The van der Waals surface area contributed by atoms with Crippen molar-refractivity contribution in [3.05, 3.63) is 90.1 Å². The first-order chi connectivity index (χ1) is 15.7. The van der Waals surface area contributed by atoms with E-state index in [2.05, 4.69) is 20.6 Å². The molecule has 3 N–H and O–H groups in total. The molecular formula is C25H27N5O2. The predicted molar refractivity (Wildman–Crippen MR) is 126 cm³/mol. The third kappa shape index (κ3) is 5.92. The van der Waals surface area contributed by atoms with Gasteiger partial charge in [0.05, 0.1) is 30.8 Å². The molecule has 1 aromatic carbocycles. The van der Waals surface area contributed by atoms with E-state index in [1.165, 1.54) is 0 Å². The van der Waals surface area contributed by atoms with Crippen molar-refractivity contribution >= 4 is 17.2 Å². The molecule has 164 valence electrons. The van der Waals surface area contributed by atoms with E-state index in [1.54, 1.807) is 24.5 Å². The zero-order valence-electron chi connectivity index (χ0n) is 18.0. The molecule has 3 aromatic rings. The second-order valence-corrected chi connectivity index (χ2v) is 7.57. The number of pyridine rings is 2. The Morgan fingerprint density at radius 2 is 1.84 bits per heavy atom. The van der Waals surface area contributed by atoms with Gasteiger partial charge in [-0.15, -0.1) is 0 Å². The van der Waals surface area contributed by atoms with Crippen LogP contribution < -0.4 is 15.4 Å². The molecule has 3 heterocycles. The Hall–Kier alpha value is -3.71. The molecule has 7 nitrogen and oxygen atoms in total. The van der Waals surface area contributed by atoms with Gasteiger partial charge in [0, 0.05) is 30.8 Å². The topological polar surface area (TPSA) is 92.2 Å².